The van der Waals surface area contributed by atoms with E-state index >= 15 is 0 Å². The van der Waals surface area contributed by atoms with Crippen molar-refractivity contribution in [3.63, 3.8) is 0 Å². The first-order valence-electron chi connectivity index (χ1n) is 11.4. The van der Waals surface area contributed by atoms with Crippen molar-refractivity contribution in [3.8, 4) is 5.88 Å². The lowest BCUT2D eigenvalue weighted by Gasteiger charge is -2.32. The average molecular weight is 495 g/mol. The molecule has 3 aromatic rings. The van der Waals surface area contributed by atoms with Gasteiger partial charge >= 0.3 is 0 Å². The van der Waals surface area contributed by atoms with Gasteiger partial charge in [-0.15, -0.1) is 0 Å². The zero-order valence-electron chi connectivity index (χ0n) is 19.5. The zero-order chi connectivity index (χ0) is 24.6. The number of carbonyl (C=O) groups excluding carboxylic acids is 1. The number of sulfone groups is 1. The molecule has 1 N–H and O–H groups in total. The summed E-state index contributed by atoms with van der Waals surface area (Å²) >= 11 is 0. The number of nitrogens with zero attached hydrogens (tertiary/aromatic N) is 5. The molecule has 0 saturated carbocycles. The van der Waals surface area contributed by atoms with Crippen LogP contribution in [0, 0.1) is 6.92 Å². The lowest BCUT2D eigenvalue weighted by atomic mass is 10.1. The molecule has 1 fully saturated rings. The van der Waals surface area contributed by atoms with Gasteiger partial charge in [0.2, 0.25) is 5.88 Å². The van der Waals surface area contributed by atoms with Gasteiger partial charge in [-0.25, -0.2) is 28.8 Å². The molecule has 2 aliphatic rings. The standard InChI is InChI=1S/C24H26N6O4S/c1-16-4-3-5-21(28-16)24(31)29-12-10-18(11-13-29)34-23-20-14-27-30(22(20)25-15-26-23)17-6-8-19(9-7-17)35(2,32)33/h3-9,15,18,27H,10-14H2,1-2H3. The Labute approximate surface area is 203 Å². The van der Waals surface area contributed by atoms with Gasteiger partial charge in [0.1, 0.15) is 18.1 Å². The van der Waals surface area contributed by atoms with Crippen LogP contribution in [-0.4, -0.2) is 59.6 Å². The van der Waals surface area contributed by atoms with Crippen molar-refractivity contribution in [2.24, 2.45) is 0 Å². The monoisotopic (exact) mass is 494 g/mol. The van der Waals surface area contributed by atoms with Crippen LogP contribution in [-0.2, 0) is 16.4 Å². The quantitative estimate of drug-likeness (QED) is 0.570. The van der Waals surface area contributed by atoms with E-state index in [2.05, 4.69) is 20.4 Å². The summed E-state index contributed by atoms with van der Waals surface area (Å²) < 4.78 is 29.7. The van der Waals surface area contributed by atoms with Gasteiger partial charge in [0, 0.05) is 44.4 Å². The Morgan fingerprint density at radius 1 is 1.09 bits per heavy atom. The maximum absolute atomic E-state index is 12.8. The number of carbonyl (C=O) groups is 1. The molecular weight excluding hydrogens is 468 g/mol. The minimum atomic E-state index is -3.27. The first-order valence-corrected chi connectivity index (χ1v) is 13.3. The highest BCUT2D eigenvalue weighted by Crippen LogP contribution is 2.35. The Kier molecular flexibility index (Phi) is 6.12. The summed E-state index contributed by atoms with van der Waals surface area (Å²) in [7, 11) is -3.27. The number of anilines is 2. The number of amides is 1. The van der Waals surface area contributed by atoms with Crippen molar-refractivity contribution in [3.05, 3.63) is 65.7 Å². The second-order valence-electron chi connectivity index (χ2n) is 8.69. The van der Waals surface area contributed by atoms with Gasteiger partial charge in [0.15, 0.2) is 15.7 Å². The highest BCUT2D eigenvalue weighted by Gasteiger charge is 2.30. The fourth-order valence-corrected chi connectivity index (χ4v) is 4.91. The van der Waals surface area contributed by atoms with E-state index in [9.17, 15) is 13.2 Å². The Morgan fingerprint density at radius 2 is 1.83 bits per heavy atom. The molecule has 0 atom stereocenters. The summed E-state index contributed by atoms with van der Waals surface area (Å²) in [6.45, 7) is 3.53. The predicted octanol–water partition coefficient (Wildman–Crippen LogP) is 2.42. The second-order valence-corrected chi connectivity index (χ2v) is 10.7. The lowest BCUT2D eigenvalue weighted by molar-refractivity contribution is 0.0580. The van der Waals surface area contributed by atoms with Crippen LogP contribution in [0.25, 0.3) is 0 Å². The van der Waals surface area contributed by atoms with Crippen LogP contribution in [0.15, 0.2) is 53.7 Å². The SMILES string of the molecule is Cc1cccc(C(=O)N2CCC(Oc3ncnc4c3CNN4c3ccc(S(C)(=O)=O)cc3)CC2)n1. The number of piperidine rings is 1. The molecule has 0 spiro atoms. The van der Waals surface area contributed by atoms with E-state index in [1.165, 1.54) is 12.6 Å². The molecule has 5 rings (SSSR count). The number of rotatable bonds is 5. The third-order valence-corrected chi connectivity index (χ3v) is 7.28. The van der Waals surface area contributed by atoms with Gasteiger partial charge in [0.05, 0.1) is 16.1 Å². The number of ether oxygens (including phenoxy) is 1. The van der Waals surface area contributed by atoms with Crippen LogP contribution in [0.4, 0.5) is 11.5 Å². The molecular formula is C24H26N6O4S. The van der Waals surface area contributed by atoms with Gasteiger partial charge in [-0.1, -0.05) is 6.07 Å². The maximum Gasteiger partial charge on any atom is 0.272 e. The minimum Gasteiger partial charge on any atom is -0.474 e. The molecule has 0 unspecified atom stereocenters. The van der Waals surface area contributed by atoms with Crippen molar-refractivity contribution in [2.45, 2.75) is 37.3 Å². The molecule has 182 valence electrons. The summed E-state index contributed by atoms with van der Waals surface area (Å²) in [5, 5.41) is 1.80. The van der Waals surface area contributed by atoms with Crippen molar-refractivity contribution in [2.75, 3.05) is 24.4 Å². The zero-order valence-corrected chi connectivity index (χ0v) is 20.3. The number of pyridine rings is 1. The molecule has 2 aliphatic heterocycles. The molecule has 2 aromatic heterocycles. The lowest BCUT2D eigenvalue weighted by Crippen LogP contribution is -2.42. The van der Waals surface area contributed by atoms with Gasteiger partial charge in [0.25, 0.3) is 5.91 Å². The second kappa shape index (κ2) is 9.23. The number of nitrogens with one attached hydrogen (secondary N) is 1. The van der Waals surface area contributed by atoms with E-state index in [0.717, 1.165) is 16.9 Å². The summed E-state index contributed by atoms with van der Waals surface area (Å²) in [5.74, 6) is 1.12. The molecule has 10 nitrogen and oxygen atoms in total. The molecule has 1 saturated heterocycles. The normalized spacial score (nSPS) is 16.3. The number of fused-ring (bicyclic) bond motifs is 1. The van der Waals surface area contributed by atoms with Gasteiger partial charge < -0.3 is 9.64 Å². The van der Waals surface area contributed by atoms with Gasteiger partial charge in [-0.05, 0) is 43.3 Å². The van der Waals surface area contributed by atoms with Crippen molar-refractivity contribution in [1.29, 1.82) is 0 Å². The molecule has 35 heavy (non-hydrogen) atoms. The Balaban J connectivity index is 1.25. The third-order valence-electron chi connectivity index (χ3n) is 6.15. The van der Waals surface area contributed by atoms with E-state index in [1.54, 1.807) is 35.3 Å². The number of hydrogen-bond donors (Lipinski definition) is 1. The van der Waals surface area contributed by atoms with Crippen LogP contribution in [0.1, 0.15) is 34.6 Å². The van der Waals surface area contributed by atoms with Crippen LogP contribution in [0.2, 0.25) is 0 Å². The molecule has 1 amide bonds. The maximum atomic E-state index is 12.8. The molecule has 1 aromatic carbocycles. The topological polar surface area (TPSA) is 118 Å². The average Bonchev–Trinajstić information content (AvgIpc) is 3.29. The fraction of sp³-hybridized carbons (Fsp3) is 0.333. The van der Waals surface area contributed by atoms with Crippen molar-refractivity contribution in [1.82, 2.24) is 25.3 Å². The Hall–Kier alpha value is -3.57. The first kappa shape index (κ1) is 23.2. The van der Waals surface area contributed by atoms with E-state index < -0.39 is 9.84 Å². The summed E-state index contributed by atoms with van der Waals surface area (Å²) in [6.07, 6.45) is 3.97. The van der Waals surface area contributed by atoms with Crippen LogP contribution in [0.3, 0.4) is 0 Å². The van der Waals surface area contributed by atoms with Crippen LogP contribution >= 0.6 is 0 Å². The predicted molar refractivity (Wildman–Crippen MR) is 129 cm³/mol. The highest BCUT2D eigenvalue weighted by atomic mass is 32.2. The van der Waals surface area contributed by atoms with Crippen LogP contribution < -0.4 is 15.2 Å². The Bertz CT molecular complexity index is 1350. The highest BCUT2D eigenvalue weighted by molar-refractivity contribution is 7.90. The molecule has 0 aliphatic carbocycles. The number of likely N-dealkylation sites (tertiary alicyclic amines) is 1. The van der Waals surface area contributed by atoms with Crippen molar-refractivity contribution < 1.29 is 17.9 Å². The summed E-state index contributed by atoms with van der Waals surface area (Å²) in [4.78, 5) is 28.0. The van der Waals surface area contributed by atoms with E-state index in [-0.39, 0.29) is 16.9 Å². The smallest absolute Gasteiger partial charge is 0.272 e. The minimum absolute atomic E-state index is 0.0585. The number of aromatic nitrogens is 3. The summed E-state index contributed by atoms with van der Waals surface area (Å²) in [6, 6.07) is 12.1. The van der Waals surface area contributed by atoms with Gasteiger partial charge in [-0.3, -0.25) is 9.80 Å². The fourth-order valence-electron chi connectivity index (χ4n) is 4.28. The van der Waals surface area contributed by atoms with Gasteiger partial charge in [-0.2, -0.15) is 0 Å². The number of hydrogen-bond acceptors (Lipinski definition) is 9. The molecule has 4 heterocycles. The molecule has 11 heteroatoms. The number of aryl methyl sites for hydroxylation is 1. The largest absolute Gasteiger partial charge is 0.474 e. The van der Waals surface area contributed by atoms with E-state index in [0.29, 0.717) is 49.9 Å². The Morgan fingerprint density at radius 3 is 2.51 bits per heavy atom. The first-order chi connectivity index (χ1) is 16.8. The van der Waals surface area contributed by atoms with E-state index in [1.807, 2.05) is 24.0 Å². The number of hydrazine groups is 1. The summed E-state index contributed by atoms with van der Waals surface area (Å²) in [5.41, 5.74) is 6.14. The third kappa shape index (κ3) is 4.82. The van der Waals surface area contributed by atoms with E-state index in [4.69, 9.17) is 4.74 Å². The molecule has 0 bridgehead atoms. The van der Waals surface area contributed by atoms with Crippen molar-refractivity contribution >= 4 is 27.2 Å². The van der Waals surface area contributed by atoms with Crippen LogP contribution in [0.5, 0.6) is 5.88 Å². The molecule has 0 radical (unpaired) electrons. The number of benzene rings is 1.